The molecule has 7 heteroatoms. The Hall–Kier alpha value is -2.18. The van der Waals surface area contributed by atoms with Crippen LogP contribution in [0.1, 0.15) is 16.8 Å². The summed E-state index contributed by atoms with van der Waals surface area (Å²) in [7, 11) is 0. The Balaban J connectivity index is 0.00000150. The molecule has 1 aliphatic rings. The van der Waals surface area contributed by atoms with Gasteiger partial charge in [-0.15, -0.1) is 24.8 Å². The van der Waals surface area contributed by atoms with E-state index in [1.165, 1.54) is 0 Å². The topological polar surface area (TPSA) is 68.5 Å². The minimum Gasteiger partial charge on any atom is -0.374 e. The lowest BCUT2D eigenvalue weighted by Crippen LogP contribution is -2.46. The first-order chi connectivity index (χ1) is 13.3. The summed E-state index contributed by atoms with van der Waals surface area (Å²) in [6.07, 6.45) is 2.63. The van der Waals surface area contributed by atoms with E-state index >= 15 is 0 Å². The number of carbonyl (C=O) groups is 1. The van der Waals surface area contributed by atoms with Gasteiger partial charge in [0.15, 0.2) is 0 Å². The number of rotatable bonds is 4. The van der Waals surface area contributed by atoms with Crippen molar-refractivity contribution in [3.8, 4) is 11.1 Å². The van der Waals surface area contributed by atoms with Crippen molar-refractivity contribution in [3.05, 3.63) is 66.4 Å². The molecule has 0 radical (unpaired) electrons. The second-order valence-corrected chi connectivity index (χ2v) is 6.77. The molecule has 5 nitrogen and oxygen atoms in total. The number of nitrogens with two attached hydrogens (primary N) is 1. The SMILES string of the molecule is Cl.Cl.NCCC1CN(C(=O)c2ccc(-c3ccnc4ccccc34)cc2)CCO1. The quantitative estimate of drug-likeness (QED) is 0.676. The maximum Gasteiger partial charge on any atom is 0.254 e. The molecule has 1 atom stereocenters. The summed E-state index contributed by atoms with van der Waals surface area (Å²) >= 11 is 0. The third-order valence-corrected chi connectivity index (χ3v) is 5.01. The van der Waals surface area contributed by atoms with Crippen LogP contribution in [0.2, 0.25) is 0 Å². The zero-order chi connectivity index (χ0) is 18.6. The van der Waals surface area contributed by atoms with Crippen LogP contribution in [0.15, 0.2) is 60.8 Å². The molecule has 1 unspecified atom stereocenters. The van der Waals surface area contributed by atoms with Crippen molar-refractivity contribution in [3.63, 3.8) is 0 Å². The molecule has 1 aliphatic heterocycles. The Morgan fingerprint density at radius 3 is 2.62 bits per heavy atom. The van der Waals surface area contributed by atoms with E-state index in [0.29, 0.717) is 31.8 Å². The molecule has 2 aromatic carbocycles. The molecule has 2 N–H and O–H groups in total. The van der Waals surface area contributed by atoms with Gasteiger partial charge in [0.25, 0.3) is 5.91 Å². The van der Waals surface area contributed by atoms with Crippen LogP contribution in [0, 0.1) is 0 Å². The zero-order valence-electron chi connectivity index (χ0n) is 16.0. The maximum atomic E-state index is 12.8. The molecule has 1 fully saturated rings. The Bertz CT molecular complexity index is 943. The minimum absolute atomic E-state index is 0. The van der Waals surface area contributed by atoms with E-state index in [0.717, 1.165) is 28.5 Å². The predicted molar refractivity (Wildman–Crippen MR) is 121 cm³/mol. The summed E-state index contributed by atoms with van der Waals surface area (Å²) < 4.78 is 5.67. The third-order valence-electron chi connectivity index (χ3n) is 5.01. The zero-order valence-corrected chi connectivity index (χ0v) is 17.6. The summed E-state index contributed by atoms with van der Waals surface area (Å²) in [5.41, 5.74) is 9.48. The Morgan fingerprint density at radius 2 is 1.86 bits per heavy atom. The van der Waals surface area contributed by atoms with Crippen LogP contribution in [0.25, 0.3) is 22.0 Å². The van der Waals surface area contributed by atoms with Gasteiger partial charge in [-0.1, -0.05) is 30.3 Å². The van der Waals surface area contributed by atoms with Gasteiger partial charge in [-0.2, -0.15) is 0 Å². The monoisotopic (exact) mass is 433 g/mol. The number of nitrogens with zero attached hydrogens (tertiary/aromatic N) is 2. The number of carbonyl (C=O) groups excluding carboxylic acids is 1. The number of halogens is 2. The summed E-state index contributed by atoms with van der Waals surface area (Å²) in [4.78, 5) is 19.1. The Labute approximate surface area is 183 Å². The van der Waals surface area contributed by atoms with Gasteiger partial charge in [0.1, 0.15) is 0 Å². The molecule has 0 bridgehead atoms. The second-order valence-electron chi connectivity index (χ2n) is 6.77. The first kappa shape index (κ1) is 23.1. The largest absolute Gasteiger partial charge is 0.374 e. The van der Waals surface area contributed by atoms with E-state index in [4.69, 9.17) is 10.5 Å². The molecule has 29 heavy (non-hydrogen) atoms. The summed E-state index contributed by atoms with van der Waals surface area (Å²) in [6, 6.07) is 17.9. The van der Waals surface area contributed by atoms with Crippen LogP contribution in [0.3, 0.4) is 0 Å². The van der Waals surface area contributed by atoms with E-state index < -0.39 is 0 Å². The van der Waals surface area contributed by atoms with E-state index in [1.807, 2.05) is 59.6 Å². The van der Waals surface area contributed by atoms with Crippen molar-refractivity contribution in [1.82, 2.24) is 9.88 Å². The fourth-order valence-corrected chi connectivity index (χ4v) is 3.59. The molecule has 1 saturated heterocycles. The summed E-state index contributed by atoms with van der Waals surface area (Å²) in [5, 5.41) is 1.11. The number of morpholine rings is 1. The number of ether oxygens (including phenoxy) is 1. The van der Waals surface area contributed by atoms with Crippen molar-refractivity contribution in [2.45, 2.75) is 12.5 Å². The number of aromatic nitrogens is 1. The summed E-state index contributed by atoms with van der Waals surface area (Å²) in [5.74, 6) is 0.0476. The highest BCUT2D eigenvalue weighted by Gasteiger charge is 2.24. The average Bonchev–Trinajstić information content (AvgIpc) is 2.73. The molecular formula is C22H25Cl2N3O2. The molecule has 2 heterocycles. The van der Waals surface area contributed by atoms with E-state index in [9.17, 15) is 4.79 Å². The van der Waals surface area contributed by atoms with Crippen LogP contribution in [-0.2, 0) is 4.74 Å². The van der Waals surface area contributed by atoms with Gasteiger partial charge >= 0.3 is 0 Å². The first-order valence-electron chi connectivity index (χ1n) is 9.31. The molecule has 1 amide bonds. The second kappa shape index (κ2) is 10.6. The molecule has 154 valence electrons. The molecule has 3 aromatic rings. The van der Waals surface area contributed by atoms with Crippen molar-refractivity contribution in [1.29, 1.82) is 0 Å². The van der Waals surface area contributed by atoms with E-state index in [1.54, 1.807) is 0 Å². The summed E-state index contributed by atoms with van der Waals surface area (Å²) in [6.45, 7) is 2.36. The van der Waals surface area contributed by atoms with Gasteiger partial charge in [-0.25, -0.2) is 0 Å². The normalized spacial score (nSPS) is 16.0. The van der Waals surface area contributed by atoms with Crippen LogP contribution in [0.5, 0.6) is 0 Å². The molecule has 0 spiro atoms. The van der Waals surface area contributed by atoms with E-state index in [-0.39, 0.29) is 36.8 Å². The Kier molecular flexibility index (Phi) is 8.41. The molecule has 4 rings (SSSR count). The predicted octanol–water partition coefficient (Wildman–Crippen LogP) is 3.94. The van der Waals surface area contributed by atoms with Crippen LogP contribution < -0.4 is 5.73 Å². The van der Waals surface area contributed by atoms with Crippen molar-refractivity contribution < 1.29 is 9.53 Å². The highest BCUT2D eigenvalue weighted by atomic mass is 35.5. The fraction of sp³-hybridized carbons (Fsp3) is 0.273. The highest BCUT2D eigenvalue weighted by molar-refractivity contribution is 5.97. The molecule has 0 saturated carbocycles. The van der Waals surface area contributed by atoms with Gasteiger partial charge in [0.2, 0.25) is 0 Å². The fourth-order valence-electron chi connectivity index (χ4n) is 3.59. The van der Waals surface area contributed by atoms with Gasteiger partial charge < -0.3 is 15.4 Å². The van der Waals surface area contributed by atoms with Gasteiger partial charge in [0, 0.05) is 30.2 Å². The lowest BCUT2D eigenvalue weighted by molar-refractivity contribution is -0.0236. The number of fused-ring (bicyclic) bond motifs is 1. The van der Waals surface area contributed by atoms with Gasteiger partial charge in [-0.05, 0) is 48.4 Å². The lowest BCUT2D eigenvalue weighted by atomic mass is 10.00. The first-order valence-corrected chi connectivity index (χ1v) is 9.31. The van der Waals surface area contributed by atoms with Crippen LogP contribution >= 0.6 is 24.8 Å². The van der Waals surface area contributed by atoms with Crippen molar-refractivity contribution >= 4 is 41.6 Å². The number of pyridine rings is 1. The minimum atomic E-state index is 0. The molecule has 1 aromatic heterocycles. The highest BCUT2D eigenvalue weighted by Crippen LogP contribution is 2.27. The lowest BCUT2D eigenvalue weighted by Gasteiger charge is -2.33. The molecule has 0 aliphatic carbocycles. The van der Waals surface area contributed by atoms with Crippen molar-refractivity contribution in [2.24, 2.45) is 5.73 Å². The number of amides is 1. The number of para-hydroxylation sites is 1. The number of hydrogen-bond acceptors (Lipinski definition) is 4. The Morgan fingerprint density at radius 1 is 1.10 bits per heavy atom. The van der Waals surface area contributed by atoms with Crippen LogP contribution in [0.4, 0.5) is 0 Å². The maximum absolute atomic E-state index is 12.8. The number of hydrogen-bond donors (Lipinski definition) is 1. The average molecular weight is 434 g/mol. The number of benzene rings is 2. The van der Waals surface area contributed by atoms with Gasteiger partial charge in [-0.3, -0.25) is 9.78 Å². The standard InChI is InChI=1S/C22H23N3O2.2ClH/c23-11-9-18-15-25(13-14-27-18)22(26)17-7-5-16(6-8-17)19-10-12-24-21-4-2-1-3-20(19)21;;/h1-8,10,12,18H,9,11,13-15,23H2;2*1H. The molecular weight excluding hydrogens is 409 g/mol. The van der Waals surface area contributed by atoms with E-state index in [2.05, 4.69) is 11.1 Å². The smallest absolute Gasteiger partial charge is 0.254 e. The van der Waals surface area contributed by atoms with Crippen molar-refractivity contribution in [2.75, 3.05) is 26.2 Å². The van der Waals surface area contributed by atoms with Crippen LogP contribution in [-0.4, -0.2) is 48.1 Å². The third kappa shape index (κ3) is 5.06. The van der Waals surface area contributed by atoms with Gasteiger partial charge in [0.05, 0.1) is 18.2 Å².